The van der Waals surface area contributed by atoms with Crippen molar-refractivity contribution in [2.24, 2.45) is 0 Å². The molecule has 0 saturated carbocycles. The highest BCUT2D eigenvalue weighted by atomic mass is 16.4. The van der Waals surface area contributed by atoms with Gasteiger partial charge in [-0.1, -0.05) is 42.0 Å². The molecule has 192 valence electrons. The first-order valence-electron chi connectivity index (χ1n) is 13.3. The van der Waals surface area contributed by atoms with Crippen LogP contribution in [0.5, 0.6) is 0 Å². The lowest BCUT2D eigenvalue weighted by Crippen LogP contribution is -2.35. The number of benzene rings is 3. The Morgan fingerprint density at radius 2 is 1.54 bits per heavy atom. The van der Waals surface area contributed by atoms with Gasteiger partial charge in [-0.05, 0) is 96.7 Å². The number of carbonyl (C=O) groups is 2. The third-order valence-corrected chi connectivity index (χ3v) is 8.05. The van der Waals surface area contributed by atoms with Gasteiger partial charge in [0.05, 0.1) is 6.42 Å². The van der Waals surface area contributed by atoms with Gasteiger partial charge in [-0.25, -0.2) is 0 Å². The number of aliphatic carboxylic acids is 1. The van der Waals surface area contributed by atoms with Crippen molar-refractivity contribution in [2.45, 2.75) is 66.1 Å². The summed E-state index contributed by atoms with van der Waals surface area (Å²) in [6, 6.07) is 16.5. The largest absolute Gasteiger partial charge is 0.481 e. The van der Waals surface area contributed by atoms with Crippen LogP contribution in [0, 0.1) is 20.8 Å². The smallest absolute Gasteiger partial charge is 0.307 e. The summed E-state index contributed by atoms with van der Waals surface area (Å²) in [7, 11) is 0. The summed E-state index contributed by atoms with van der Waals surface area (Å²) in [6.45, 7) is 10.3. The second-order valence-electron chi connectivity index (χ2n) is 10.7. The van der Waals surface area contributed by atoms with Crippen molar-refractivity contribution in [1.82, 2.24) is 9.80 Å². The fourth-order valence-electron chi connectivity index (χ4n) is 6.07. The molecule has 37 heavy (non-hydrogen) atoms. The van der Waals surface area contributed by atoms with Crippen LogP contribution in [0.15, 0.2) is 48.5 Å². The van der Waals surface area contributed by atoms with E-state index in [1.54, 1.807) is 0 Å². The maximum Gasteiger partial charge on any atom is 0.307 e. The molecule has 1 N–H and O–H groups in total. The molecule has 0 atom stereocenters. The molecule has 0 radical (unpaired) electrons. The quantitative estimate of drug-likeness (QED) is 0.451. The predicted octanol–water partition coefficient (Wildman–Crippen LogP) is 6.05. The molecule has 0 unspecified atom stereocenters. The highest BCUT2D eigenvalue weighted by Crippen LogP contribution is 2.40. The highest BCUT2D eigenvalue weighted by Gasteiger charge is 2.28. The van der Waals surface area contributed by atoms with Crippen molar-refractivity contribution in [1.29, 1.82) is 0 Å². The van der Waals surface area contributed by atoms with E-state index in [2.05, 4.69) is 56.0 Å². The number of nitrogens with zero attached hydrogens (tertiary/aromatic N) is 2. The summed E-state index contributed by atoms with van der Waals surface area (Å²) in [5.41, 5.74) is 11.0. The molecule has 0 aliphatic carbocycles. The fraction of sp³-hybridized carbons (Fsp3) is 0.375. The van der Waals surface area contributed by atoms with Crippen molar-refractivity contribution in [3.8, 4) is 11.1 Å². The summed E-state index contributed by atoms with van der Waals surface area (Å²) < 4.78 is 0. The van der Waals surface area contributed by atoms with Gasteiger partial charge in [-0.2, -0.15) is 0 Å². The van der Waals surface area contributed by atoms with Gasteiger partial charge in [0.25, 0.3) is 5.91 Å². The Morgan fingerprint density at radius 3 is 2.22 bits per heavy atom. The average Bonchev–Trinajstić information content (AvgIpc) is 3.32. The summed E-state index contributed by atoms with van der Waals surface area (Å²) in [4.78, 5) is 29.3. The first-order valence-corrected chi connectivity index (χ1v) is 13.3. The lowest BCUT2D eigenvalue weighted by atomic mass is 9.84. The molecule has 5 nitrogen and oxygen atoms in total. The normalized spacial score (nSPS) is 15.6. The van der Waals surface area contributed by atoms with Crippen molar-refractivity contribution < 1.29 is 14.7 Å². The van der Waals surface area contributed by atoms with E-state index in [0.717, 1.165) is 78.9 Å². The zero-order valence-corrected chi connectivity index (χ0v) is 22.1. The standard InChI is InChI=1S/C32H36N2O3/c1-21-10-12-25(13-11-21)31-23(3)29-20-33(19-28(29)22(2)27(31)17-30(35)36)18-24-8-7-9-26(16-24)32(37)34-14-5-4-6-15-34/h7-13,16H,4-6,14-15,17-20H2,1-3H3,(H,35,36). The van der Waals surface area contributed by atoms with E-state index < -0.39 is 5.97 Å². The van der Waals surface area contributed by atoms with Crippen molar-refractivity contribution in [3.63, 3.8) is 0 Å². The fourth-order valence-corrected chi connectivity index (χ4v) is 6.07. The number of carboxylic acid groups (broad SMARTS) is 1. The molecule has 1 amide bonds. The summed E-state index contributed by atoms with van der Waals surface area (Å²) in [5.74, 6) is -0.667. The Bertz CT molecular complexity index is 1340. The second kappa shape index (κ2) is 10.5. The Morgan fingerprint density at radius 1 is 0.865 bits per heavy atom. The van der Waals surface area contributed by atoms with Crippen molar-refractivity contribution >= 4 is 11.9 Å². The van der Waals surface area contributed by atoms with Crippen LogP contribution >= 0.6 is 0 Å². The van der Waals surface area contributed by atoms with Gasteiger partial charge >= 0.3 is 5.97 Å². The second-order valence-corrected chi connectivity index (χ2v) is 10.7. The Balaban J connectivity index is 1.43. The number of rotatable bonds is 6. The number of hydrogen-bond acceptors (Lipinski definition) is 3. The van der Waals surface area contributed by atoms with Gasteiger partial charge in [0.1, 0.15) is 0 Å². The van der Waals surface area contributed by atoms with Gasteiger partial charge in [-0.3, -0.25) is 14.5 Å². The Labute approximate surface area is 219 Å². The number of carboxylic acids is 1. The molecule has 0 spiro atoms. The summed E-state index contributed by atoms with van der Waals surface area (Å²) in [6.07, 6.45) is 3.40. The SMILES string of the molecule is Cc1ccc(-c2c(C)c3c(c(C)c2CC(=O)O)CN(Cc2cccc(C(=O)N4CCCCC4)c2)C3)cc1. The lowest BCUT2D eigenvalue weighted by molar-refractivity contribution is -0.136. The van der Waals surface area contributed by atoms with E-state index in [1.807, 2.05) is 23.1 Å². The van der Waals surface area contributed by atoms with Gasteiger partial charge in [0.2, 0.25) is 0 Å². The third-order valence-electron chi connectivity index (χ3n) is 8.05. The van der Waals surface area contributed by atoms with Crippen LogP contribution < -0.4 is 0 Å². The maximum absolute atomic E-state index is 13.0. The Kier molecular flexibility index (Phi) is 7.16. The highest BCUT2D eigenvalue weighted by molar-refractivity contribution is 5.94. The first kappa shape index (κ1) is 25.2. The molecule has 3 aromatic rings. The molecule has 1 fully saturated rings. The van der Waals surface area contributed by atoms with Gasteiger partial charge in [0, 0.05) is 38.3 Å². The third kappa shape index (κ3) is 5.19. The molecular weight excluding hydrogens is 460 g/mol. The van der Waals surface area contributed by atoms with Crippen LogP contribution in [0.4, 0.5) is 0 Å². The molecular formula is C32H36N2O3. The molecule has 5 rings (SSSR count). The van der Waals surface area contributed by atoms with E-state index >= 15 is 0 Å². The maximum atomic E-state index is 13.0. The number of hydrogen-bond donors (Lipinski definition) is 1. The van der Waals surface area contributed by atoms with E-state index in [9.17, 15) is 14.7 Å². The zero-order valence-electron chi connectivity index (χ0n) is 22.1. The van der Waals surface area contributed by atoms with Crippen LogP contribution in [0.25, 0.3) is 11.1 Å². The minimum atomic E-state index is -0.805. The number of piperidine rings is 1. The average molecular weight is 497 g/mol. The molecule has 1 saturated heterocycles. The van der Waals surface area contributed by atoms with Crippen molar-refractivity contribution in [2.75, 3.05) is 13.1 Å². The lowest BCUT2D eigenvalue weighted by Gasteiger charge is -2.27. The number of fused-ring (bicyclic) bond motifs is 1. The predicted molar refractivity (Wildman–Crippen MR) is 147 cm³/mol. The van der Waals surface area contributed by atoms with Crippen LogP contribution in [0.3, 0.4) is 0 Å². The van der Waals surface area contributed by atoms with Crippen LogP contribution in [0.2, 0.25) is 0 Å². The summed E-state index contributed by atoms with van der Waals surface area (Å²) in [5, 5.41) is 9.72. The van der Waals surface area contributed by atoms with Crippen molar-refractivity contribution in [3.05, 3.63) is 93.0 Å². The number of likely N-dealkylation sites (tertiary alicyclic amines) is 1. The molecule has 2 aliphatic heterocycles. The van der Waals surface area contributed by atoms with Gasteiger partial charge in [0.15, 0.2) is 0 Å². The van der Waals surface area contributed by atoms with Crippen LogP contribution in [-0.2, 0) is 30.8 Å². The topological polar surface area (TPSA) is 60.9 Å². The van der Waals surface area contributed by atoms with Crippen LogP contribution in [0.1, 0.15) is 68.6 Å². The number of carbonyl (C=O) groups excluding carboxylic acids is 1. The van der Waals surface area contributed by atoms with Gasteiger partial charge < -0.3 is 10.0 Å². The number of amides is 1. The van der Waals surface area contributed by atoms with E-state index in [4.69, 9.17) is 0 Å². The van der Waals surface area contributed by atoms with E-state index in [1.165, 1.54) is 28.7 Å². The monoisotopic (exact) mass is 496 g/mol. The van der Waals surface area contributed by atoms with Gasteiger partial charge in [-0.15, -0.1) is 0 Å². The molecule has 3 aromatic carbocycles. The van der Waals surface area contributed by atoms with E-state index in [-0.39, 0.29) is 12.3 Å². The zero-order chi connectivity index (χ0) is 26.1. The Hall–Kier alpha value is -3.44. The minimum absolute atomic E-state index is 0.0177. The minimum Gasteiger partial charge on any atom is -0.481 e. The molecule has 0 bridgehead atoms. The molecule has 2 aliphatic rings. The van der Waals surface area contributed by atoms with E-state index in [0.29, 0.717) is 0 Å². The summed E-state index contributed by atoms with van der Waals surface area (Å²) >= 11 is 0. The van der Waals surface area contributed by atoms with Crippen LogP contribution in [-0.4, -0.2) is 39.9 Å². The first-order chi connectivity index (χ1) is 17.8. The number of aryl methyl sites for hydroxylation is 1. The molecule has 0 aromatic heterocycles. The molecule has 2 heterocycles. The molecule has 5 heteroatoms.